The average molecular weight is 415 g/mol. The van der Waals surface area contributed by atoms with Gasteiger partial charge in [-0.1, -0.05) is 12.1 Å². The van der Waals surface area contributed by atoms with Gasteiger partial charge in [0.2, 0.25) is 0 Å². The quantitative estimate of drug-likeness (QED) is 0.557. The summed E-state index contributed by atoms with van der Waals surface area (Å²) in [6.07, 6.45) is 0. The Hall–Kier alpha value is -2.64. The monoisotopic (exact) mass is 414 g/mol. The molecule has 2 N–H and O–H groups in total. The fraction of sp³-hybridized carbons (Fsp3) is 0.364. The lowest BCUT2D eigenvalue weighted by Crippen LogP contribution is -3.13. The fourth-order valence-electron chi connectivity index (χ4n) is 3.38. The van der Waals surface area contributed by atoms with Crippen molar-refractivity contribution in [1.29, 1.82) is 0 Å². The molecule has 1 aliphatic heterocycles. The number of nitrogens with one attached hydrogen (secondary N) is 2. The molecule has 29 heavy (non-hydrogen) atoms. The second kappa shape index (κ2) is 10.2. The van der Waals surface area contributed by atoms with E-state index in [-0.39, 0.29) is 5.97 Å². The molecule has 0 aliphatic carbocycles. The first-order chi connectivity index (χ1) is 14.1. The van der Waals surface area contributed by atoms with E-state index >= 15 is 0 Å². The van der Waals surface area contributed by atoms with Crippen molar-refractivity contribution in [3.05, 3.63) is 59.7 Å². The molecular weight excluding hydrogens is 386 g/mol. The summed E-state index contributed by atoms with van der Waals surface area (Å²) >= 11 is 5.58. The minimum Gasteiger partial charge on any atom is -0.497 e. The maximum atomic E-state index is 11.7. The maximum Gasteiger partial charge on any atom is 0.338 e. The number of rotatable bonds is 6. The Morgan fingerprint density at radius 3 is 2.55 bits per heavy atom. The molecule has 0 amide bonds. The Morgan fingerprint density at radius 1 is 1.17 bits per heavy atom. The van der Waals surface area contributed by atoms with Crippen LogP contribution in [0, 0.1) is 0 Å². The molecule has 0 saturated carbocycles. The summed E-state index contributed by atoms with van der Waals surface area (Å²) in [6.45, 7) is 7.03. The zero-order valence-electron chi connectivity index (χ0n) is 16.9. The summed E-state index contributed by atoms with van der Waals surface area (Å²) in [5.41, 5.74) is 2.70. The smallest absolute Gasteiger partial charge is 0.338 e. The van der Waals surface area contributed by atoms with Crippen molar-refractivity contribution in [2.24, 2.45) is 0 Å². The van der Waals surface area contributed by atoms with E-state index in [1.54, 1.807) is 26.2 Å². The number of methoxy groups -OCH3 is 1. The highest BCUT2D eigenvalue weighted by Gasteiger charge is 2.22. The molecule has 3 rings (SSSR count). The first-order valence-electron chi connectivity index (χ1n) is 9.88. The molecule has 0 bridgehead atoms. The van der Waals surface area contributed by atoms with Crippen LogP contribution >= 0.6 is 12.2 Å². The lowest BCUT2D eigenvalue weighted by Gasteiger charge is -2.34. The van der Waals surface area contributed by atoms with E-state index in [4.69, 9.17) is 21.7 Å². The van der Waals surface area contributed by atoms with Gasteiger partial charge in [-0.15, -0.1) is 0 Å². The number of carbonyl (C=O) groups excluding carboxylic acids is 1. The normalized spacial score (nSPS) is 14.3. The number of quaternary nitrogens is 1. The number of hydrogen-bond acceptors (Lipinski definition) is 4. The van der Waals surface area contributed by atoms with Crippen LogP contribution in [0.5, 0.6) is 5.75 Å². The second-order valence-corrected chi connectivity index (χ2v) is 7.38. The number of esters is 1. The molecule has 6 nitrogen and oxygen atoms in total. The van der Waals surface area contributed by atoms with Crippen LogP contribution in [0.15, 0.2) is 48.5 Å². The third kappa shape index (κ3) is 5.92. The number of anilines is 1. The molecule has 1 heterocycles. The van der Waals surface area contributed by atoms with Crippen molar-refractivity contribution in [2.45, 2.75) is 13.5 Å². The van der Waals surface area contributed by atoms with Gasteiger partial charge in [0.15, 0.2) is 5.11 Å². The van der Waals surface area contributed by atoms with Crippen LogP contribution in [0.1, 0.15) is 22.8 Å². The highest BCUT2D eigenvalue weighted by molar-refractivity contribution is 7.80. The standard InChI is InChI=1S/C22H27N3O3S/c1-3-28-21(26)18-7-9-19(10-8-18)23-22(29)25-13-11-24(12-14-25)16-17-5-4-6-20(15-17)27-2/h4-10,15H,3,11-14,16H2,1-2H3,(H,23,29)/p+1. The number of hydrogen-bond donors (Lipinski definition) is 2. The summed E-state index contributed by atoms with van der Waals surface area (Å²) < 4.78 is 10.3. The van der Waals surface area contributed by atoms with E-state index in [1.807, 2.05) is 24.3 Å². The number of ether oxygens (including phenoxy) is 2. The SMILES string of the molecule is CCOC(=O)c1ccc(NC(=S)N2CC[NH+](Cc3cccc(OC)c3)CC2)cc1. The average Bonchev–Trinajstić information content (AvgIpc) is 2.75. The molecule has 0 unspecified atom stereocenters. The second-order valence-electron chi connectivity index (χ2n) is 6.99. The molecule has 0 aromatic heterocycles. The van der Waals surface area contributed by atoms with Crippen molar-refractivity contribution in [3.63, 3.8) is 0 Å². The third-order valence-electron chi connectivity index (χ3n) is 4.99. The summed E-state index contributed by atoms with van der Waals surface area (Å²) in [5, 5.41) is 3.99. The Bertz CT molecular complexity index is 833. The highest BCUT2D eigenvalue weighted by atomic mass is 32.1. The largest absolute Gasteiger partial charge is 0.497 e. The Balaban J connectivity index is 1.47. The van der Waals surface area contributed by atoms with Gasteiger partial charge in [-0.25, -0.2) is 4.79 Å². The van der Waals surface area contributed by atoms with Crippen LogP contribution in [0.3, 0.4) is 0 Å². The summed E-state index contributed by atoms with van der Waals surface area (Å²) in [6, 6.07) is 15.5. The predicted molar refractivity (Wildman–Crippen MR) is 118 cm³/mol. The van der Waals surface area contributed by atoms with Crippen LogP contribution in [0.4, 0.5) is 5.69 Å². The zero-order valence-corrected chi connectivity index (χ0v) is 17.8. The first kappa shape index (κ1) is 21.1. The Morgan fingerprint density at radius 2 is 1.90 bits per heavy atom. The van der Waals surface area contributed by atoms with E-state index in [1.165, 1.54) is 10.5 Å². The summed E-state index contributed by atoms with van der Waals surface area (Å²) in [4.78, 5) is 15.5. The molecular formula is C22H28N3O3S+. The van der Waals surface area contributed by atoms with Crippen LogP contribution in [0.2, 0.25) is 0 Å². The van der Waals surface area contributed by atoms with Crippen LogP contribution < -0.4 is 15.0 Å². The number of benzene rings is 2. The van der Waals surface area contributed by atoms with E-state index in [0.717, 1.165) is 44.2 Å². The predicted octanol–water partition coefficient (Wildman–Crippen LogP) is 1.97. The molecule has 1 saturated heterocycles. The summed E-state index contributed by atoms with van der Waals surface area (Å²) in [5.74, 6) is 0.594. The van der Waals surface area contributed by atoms with Crippen LogP contribution in [-0.4, -0.2) is 55.9 Å². The Kier molecular flexibility index (Phi) is 7.43. The molecule has 0 radical (unpaired) electrons. The maximum absolute atomic E-state index is 11.7. The number of nitrogens with zero attached hydrogens (tertiary/aromatic N) is 1. The highest BCUT2D eigenvalue weighted by Crippen LogP contribution is 2.13. The van der Waals surface area contributed by atoms with Gasteiger partial charge in [0, 0.05) is 11.3 Å². The first-order valence-corrected chi connectivity index (χ1v) is 10.3. The molecule has 7 heteroatoms. The van der Waals surface area contributed by atoms with E-state index in [9.17, 15) is 4.79 Å². The number of carbonyl (C=O) groups is 1. The van der Waals surface area contributed by atoms with Gasteiger partial charge in [-0.3, -0.25) is 0 Å². The van der Waals surface area contributed by atoms with Crippen molar-refractivity contribution >= 4 is 29.0 Å². The molecule has 2 aromatic carbocycles. The number of piperazine rings is 1. The molecule has 0 spiro atoms. The van der Waals surface area contributed by atoms with E-state index in [0.29, 0.717) is 17.3 Å². The van der Waals surface area contributed by atoms with Crippen molar-refractivity contribution < 1.29 is 19.2 Å². The van der Waals surface area contributed by atoms with Gasteiger partial charge >= 0.3 is 5.97 Å². The van der Waals surface area contributed by atoms with Gasteiger partial charge < -0.3 is 24.6 Å². The lowest BCUT2D eigenvalue weighted by atomic mass is 10.2. The minimum absolute atomic E-state index is 0.309. The fourth-order valence-corrected chi connectivity index (χ4v) is 3.68. The van der Waals surface area contributed by atoms with Gasteiger partial charge in [0.25, 0.3) is 0 Å². The van der Waals surface area contributed by atoms with E-state index < -0.39 is 0 Å². The number of thiocarbonyl (C=S) groups is 1. The molecule has 2 aromatic rings. The van der Waals surface area contributed by atoms with Gasteiger partial charge in [0.05, 0.1) is 45.5 Å². The van der Waals surface area contributed by atoms with Crippen molar-refractivity contribution in [2.75, 3.05) is 45.2 Å². The lowest BCUT2D eigenvalue weighted by molar-refractivity contribution is -0.917. The minimum atomic E-state index is -0.309. The molecule has 154 valence electrons. The van der Waals surface area contributed by atoms with Crippen molar-refractivity contribution in [3.8, 4) is 5.75 Å². The molecule has 1 aliphatic rings. The van der Waals surface area contributed by atoms with Crippen LogP contribution in [-0.2, 0) is 11.3 Å². The van der Waals surface area contributed by atoms with Gasteiger partial charge in [-0.2, -0.15) is 0 Å². The van der Waals surface area contributed by atoms with E-state index in [2.05, 4.69) is 22.3 Å². The topological polar surface area (TPSA) is 55.2 Å². The van der Waals surface area contributed by atoms with Crippen LogP contribution in [0.25, 0.3) is 0 Å². The van der Waals surface area contributed by atoms with Crippen molar-refractivity contribution in [1.82, 2.24) is 4.90 Å². The summed E-state index contributed by atoms with van der Waals surface area (Å²) in [7, 11) is 1.70. The zero-order chi connectivity index (χ0) is 20.6. The molecule has 1 fully saturated rings. The molecule has 0 atom stereocenters. The van der Waals surface area contributed by atoms with Gasteiger partial charge in [-0.05, 0) is 55.5 Å². The third-order valence-corrected chi connectivity index (χ3v) is 5.35. The Labute approximate surface area is 177 Å². The van der Waals surface area contributed by atoms with Gasteiger partial charge in [0.1, 0.15) is 12.3 Å².